The molecule has 8 nitrogen and oxygen atoms in total. The van der Waals surface area contributed by atoms with Crippen LogP contribution in [-0.4, -0.2) is 60.1 Å². The van der Waals surface area contributed by atoms with Crippen molar-refractivity contribution in [1.29, 1.82) is 0 Å². The number of hydroxylamine groups is 1. The van der Waals surface area contributed by atoms with Crippen LogP contribution in [0.15, 0.2) is 23.0 Å². The number of carbonyl (C=O) groups is 1. The third kappa shape index (κ3) is 4.83. The van der Waals surface area contributed by atoms with E-state index in [2.05, 4.69) is 28.6 Å². The molecule has 0 radical (unpaired) electrons. The van der Waals surface area contributed by atoms with Crippen molar-refractivity contribution in [1.82, 2.24) is 14.9 Å². The summed E-state index contributed by atoms with van der Waals surface area (Å²) < 4.78 is 24.5. The van der Waals surface area contributed by atoms with Crippen molar-refractivity contribution in [3.8, 4) is 23.7 Å². The van der Waals surface area contributed by atoms with Gasteiger partial charge in [-0.05, 0) is 50.4 Å². The molecule has 3 rings (SSSR count). The molecule has 0 aliphatic carbocycles. The van der Waals surface area contributed by atoms with Crippen molar-refractivity contribution in [3.05, 3.63) is 33.4 Å². The Morgan fingerprint density at radius 2 is 2.06 bits per heavy atom. The number of aryl methyl sites for hydroxylation is 1. The first kappa shape index (κ1) is 23.0. The topological polar surface area (TPSA) is 109 Å². The highest BCUT2D eigenvalue weighted by atomic mass is 32.2. The fourth-order valence-electron chi connectivity index (χ4n) is 3.30. The van der Waals surface area contributed by atoms with Gasteiger partial charge in [-0.3, -0.25) is 19.4 Å². The highest BCUT2D eigenvalue weighted by molar-refractivity contribution is 7.92. The molecule has 0 bridgehead atoms. The summed E-state index contributed by atoms with van der Waals surface area (Å²) in [7, 11) is -1.80. The van der Waals surface area contributed by atoms with Crippen LogP contribution in [-0.2, 0) is 21.2 Å². The van der Waals surface area contributed by atoms with Crippen molar-refractivity contribution >= 4 is 37.3 Å². The van der Waals surface area contributed by atoms with Crippen LogP contribution in [0.2, 0.25) is 0 Å². The first-order valence-electron chi connectivity index (χ1n) is 9.53. The van der Waals surface area contributed by atoms with Crippen LogP contribution in [0.1, 0.15) is 18.9 Å². The minimum atomic E-state index is -3.84. The average Bonchev–Trinajstić information content (AvgIpc) is 3.00. The highest BCUT2D eigenvalue weighted by Gasteiger charge is 2.43. The van der Waals surface area contributed by atoms with Gasteiger partial charge < -0.3 is 4.90 Å². The summed E-state index contributed by atoms with van der Waals surface area (Å²) in [6.45, 7) is 3.15. The van der Waals surface area contributed by atoms with Gasteiger partial charge in [-0.2, -0.15) is 0 Å². The summed E-state index contributed by atoms with van der Waals surface area (Å²) in [4.78, 5) is 26.4. The number of nitrogens with zero attached hydrogens (tertiary/aromatic N) is 2. The standard InChI is InChI=1S/C21H23N3O5S2/c1-21(19(25)22-27,31(3,28)29)10-11-24-17-9-8-15(12-18(17)30-20(24)26)6-4-5-7-16-13-23(2)14-16/h8-9,12,16,27H,10-11,13-14H2,1-3H3,(H,22,25)/t21-/m1/s1. The minimum absolute atomic E-state index is 0.00214. The zero-order valence-electron chi connectivity index (χ0n) is 17.4. The van der Waals surface area contributed by atoms with Crippen LogP contribution in [0.4, 0.5) is 0 Å². The van der Waals surface area contributed by atoms with Gasteiger partial charge in [0, 0.05) is 37.4 Å². The number of hydrogen-bond acceptors (Lipinski definition) is 7. The van der Waals surface area contributed by atoms with E-state index in [1.807, 2.05) is 7.05 Å². The van der Waals surface area contributed by atoms with Crippen LogP contribution in [0, 0.1) is 29.6 Å². The van der Waals surface area contributed by atoms with Crippen molar-refractivity contribution in [2.24, 2.45) is 5.92 Å². The molecule has 1 aliphatic rings. The zero-order valence-corrected chi connectivity index (χ0v) is 19.1. The Morgan fingerprint density at radius 1 is 1.35 bits per heavy atom. The van der Waals surface area contributed by atoms with Gasteiger partial charge in [-0.25, -0.2) is 13.9 Å². The normalized spacial score (nSPS) is 16.4. The number of thiazole rings is 1. The third-order valence-corrected chi connectivity index (χ3v) is 8.46. The molecule has 1 amide bonds. The summed E-state index contributed by atoms with van der Waals surface area (Å²) >= 11 is 1.02. The van der Waals surface area contributed by atoms with Gasteiger partial charge in [0.2, 0.25) is 0 Å². The van der Waals surface area contributed by atoms with Gasteiger partial charge >= 0.3 is 4.87 Å². The molecule has 10 heteroatoms. The predicted octanol–water partition coefficient (Wildman–Crippen LogP) is 0.678. The maximum Gasteiger partial charge on any atom is 0.308 e. The Labute approximate surface area is 184 Å². The van der Waals surface area contributed by atoms with Gasteiger partial charge in [0.15, 0.2) is 14.6 Å². The summed E-state index contributed by atoms with van der Waals surface area (Å²) in [5.41, 5.74) is 2.76. The van der Waals surface area contributed by atoms with Crippen molar-refractivity contribution in [3.63, 3.8) is 0 Å². The van der Waals surface area contributed by atoms with Crippen LogP contribution in [0.5, 0.6) is 0 Å². The average molecular weight is 462 g/mol. The molecule has 0 unspecified atom stereocenters. The molecule has 1 saturated heterocycles. The van der Waals surface area contributed by atoms with Crippen LogP contribution in [0.25, 0.3) is 10.2 Å². The maximum atomic E-state index is 12.5. The van der Waals surface area contributed by atoms with Gasteiger partial charge in [0.25, 0.3) is 5.91 Å². The summed E-state index contributed by atoms with van der Waals surface area (Å²) in [5.74, 6) is 11.1. The van der Waals surface area contributed by atoms with Crippen LogP contribution < -0.4 is 10.4 Å². The fourth-order valence-corrected chi connectivity index (χ4v) is 5.10. The van der Waals surface area contributed by atoms with E-state index in [-0.39, 0.29) is 17.8 Å². The molecule has 2 N–H and O–H groups in total. The molecule has 1 atom stereocenters. The lowest BCUT2D eigenvalue weighted by Gasteiger charge is -2.32. The second-order valence-electron chi connectivity index (χ2n) is 7.83. The molecule has 1 aliphatic heterocycles. The number of hydrogen-bond donors (Lipinski definition) is 2. The Kier molecular flexibility index (Phi) is 6.58. The van der Waals surface area contributed by atoms with E-state index in [1.165, 1.54) is 17.0 Å². The van der Waals surface area contributed by atoms with E-state index in [1.54, 1.807) is 18.2 Å². The van der Waals surface area contributed by atoms with Gasteiger partial charge in [-0.15, -0.1) is 0 Å². The molecule has 164 valence electrons. The lowest BCUT2D eigenvalue weighted by molar-refractivity contribution is -0.131. The lowest BCUT2D eigenvalue weighted by atomic mass is 10.0. The molecule has 2 aromatic rings. The minimum Gasteiger partial charge on any atom is -0.304 e. The van der Waals surface area contributed by atoms with Crippen molar-refractivity contribution in [2.45, 2.75) is 24.6 Å². The fraction of sp³-hybridized carbons (Fsp3) is 0.429. The predicted molar refractivity (Wildman–Crippen MR) is 120 cm³/mol. The largest absolute Gasteiger partial charge is 0.308 e. The smallest absolute Gasteiger partial charge is 0.304 e. The Hall–Kier alpha value is -2.63. The molecule has 2 heterocycles. The van der Waals surface area contributed by atoms with Gasteiger partial charge in [0.1, 0.15) is 0 Å². The molecule has 0 spiro atoms. The number of fused-ring (bicyclic) bond motifs is 1. The molecule has 1 aromatic carbocycles. The lowest BCUT2D eigenvalue weighted by Crippen LogP contribution is -2.49. The highest BCUT2D eigenvalue weighted by Crippen LogP contribution is 2.24. The number of nitrogens with one attached hydrogen (secondary N) is 1. The molecular weight excluding hydrogens is 438 g/mol. The van der Waals surface area contributed by atoms with E-state index < -0.39 is 20.5 Å². The second kappa shape index (κ2) is 8.85. The number of carbonyl (C=O) groups excluding carboxylic acids is 1. The zero-order chi connectivity index (χ0) is 22.8. The van der Waals surface area contributed by atoms with E-state index in [4.69, 9.17) is 5.21 Å². The molecular formula is C21H23N3O5S2. The number of aromatic nitrogens is 1. The third-order valence-electron chi connectivity index (χ3n) is 5.49. The first-order chi connectivity index (χ1) is 14.5. The number of likely N-dealkylation sites (tertiary alicyclic amines) is 1. The van der Waals surface area contributed by atoms with Crippen LogP contribution >= 0.6 is 11.3 Å². The van der Waals surface area contributed by atoms with Crippen molar-refractivity contribution in [2.75, 3.05) is 26.4 Å². The Bertz CT molecular complexity index is 1300. The number of benzene rings is 1. The molecule has 1 aromatic heterocycles. The second-order valence-corrected chi connectivity index (χ2v) is 11.3. The summed E-state index contributed by atoms with van der Waals surface area (Å²) in [6.07, 6.45) is 0.755. The summed E-state index contributed by atoms with van der Waals surface area (Å²) in [5, 5.41) is 8.94. The number of amides is 1. The summed E-state index contributed by atoms with van der Waals surface area (Å²) in [6, 6.07) is 5.31. The monoisotopic (exact) mass is 461 g/mol. The van der Waals surface area contributed by atoms with Crippen LogP contribution in [0.3, 0.4) is 0 Å². The van der Waals surface area contributed by atoms with Crippen molar-refractivity contribution < 1.29 is 18.4 Å². The van der Waals surface area contributed by atoms with Gasteiger partial charge in [0.05, 0.1) is 10.2 Å². The van der Waals surface area contributed by atoms with E-state index in [9.17, 15) is 18.0 Å². The molecule has 31 heavy (non-hydrogen) atoms. The molecule has 1 fully saturated rings. The van der Waals surface area contributed by atoms with E-state index >= 15 is 0 Å². The first-order valence-corrected chi connectivity index (χ1v) is 12.2. The molecule has 0 saturated carbocycles. The Morgan fingerprint density at radius 3 is 2.68 bits per heavy atom. The SMILES string of the molecule is CN1CC(C#CC#Cc2ccc3c(c2)sc(=O)n3CC[C@](C)(C(=O)NO)S(C)(=O)=O)C1. The maximum absolute atomic E-state index is 12.5. The van der Waals surface area contributed by atoms with E-state index in [0.29, 0.717) is 16.1 Å². The van der Waals surface area contributed by atoms with E-state index in [0.717, 1.165) is 36.2 Å². The van der Waals surface area contributed by atoms with Gasteiger partial charge in [-0.1, -0.05) is 23.2 Å². The number of sulfone groups is 1. The number of rotatable bonds is 5. The quantitative estimate of drug-likeness (QED) is 0.385. The Balaban J connectivity index is 1.81.